The van der Waals surface area contributed by atoms with Crippen LogP contribution in [0.25, 0.3) is 0 Å². The Kier molecular flexibility index (Phi) is 5.50. The third-order valence-electron chi connectivity index (χ3n) is 4.89. The van der Waals surface area contributed by atoms with Crippen LogP contribution < -0.4 is 5.32 Å². The molecular weight excluding hydrogens is 318 g/mol. The van der Waals surface area contributed by atoms with Gasteiger partial charge in [0.15, 0.2) is 11.5 Å². The van der Waals surface area contributed by atoms with E-state index >= 15 is 0 Å². The quantitative estimate of drug-likeness (QED) is 0.768. The van der Waals surface area contributed by atoms with Gasteiger partial charge >= 0.3 is 0 Å². The average Bonchev–Trinajstić information content (AvgIpc) is 3.03. The Hall–Kier alpha value is -2.18. The molecular formula is C19H25N3O3. The molecule has 1 aliphatic rings. The van der Waals surface area contributed by atoms with E-state index in [4.69, 9.17) is 4.52 Å². The Morgan fingerprint density at radius 3 is 2.72 bits per heavy atom. The van der Waals surface area contributed by atoms with Crippen molar-refractivity contribution in [3.8, 4) is 0 Å². The first-order valence-corrected chi connectivity index (χ1v) is 8.67. The molecule has 0 bridgehead atoms. The largest absolute Gasteiger partial charge is 0.396 e. The Labute approximate surface area is 147 Å². The summed E-state index contributed by atoms with van der Waals surface area (Å²) < 4.78 is 5.29. The van der Waals surface area contributed by atoms with Crippen molar-refractivity contribution in [2.45, 2.75) is 32.4 Å². The lowest BCUT2D eigenvalue weighted by atomic mass is 9.69. The minimum Gasteiger partial charge on any atom is -0.396 e. The minimum absolute atomic E-state index is 0.113. The van der Waals surface area contributed by atoms with E-state index < -0.39 is 0 Å². The summed E-state index contributed by atoms with van der Waals surface area (Å²) in [5.74, 6) is 0.407. The van der Waals surface area contributed by atoms with Crippen molar-refractivity contribution < 1.29 is 14.4 Å². The number of carbonyl (C=O) groups is 1. The number of aromatic nitrogens is 1. The molecule has 1 amide bonds. The van der Waals surface area contributed by atoms with E-state index in [1.807, 2.05) is 25.2 Å². The van der Waals surface area contributed by atoms with Crippen molar-refractivity contribution in [1.82, 2.24) is 15.4 Å². The van der Waals surface area contributed by atoms with Crippen LogP contribution in [0.4, 0.5) is 0 Å². The molecule has 0 saturated heterocycles. The Morgan fingerprint density at radius 2 is 2.08 bits per heavy atom. The number of carbonyl (C=O) groups excluding carboxylic acids is 1. The smallest absolute Gasteiger partial charge is 0.273 e. The van der Waals surface area contributed by atoms with Crippen LogP contribution in [0.1, 0.15) is 41.1 Å². The minimum atomic E-state index is -0.250. The predicted octanol–water partition coefficient (Wildman–Crippen LogP) is 2.20. The van der Waals surface area contributed by atoms with Crippen LogP contribution in [-0.4, -0.2) is 41.3 Å². The molecule has 6 nitrogen and oxygen atoms in total. The fourth-order valence-electron chi connectivity index (χ4n) is 3.14. The van der Waals surface area contributed by atoms with Gasteiger partial charge in [0.2, 0.25) is 0 Å². The van der Waals surface area contributed by atoms with Gasteiger partial charge < -0.3 is 14.9 Å². The summed E-state index contributed by atoms with van der Waals surface area (Å²) in [6, 6.07) is 11.9. The summed E-state index contributed by atoms with van der Waals surface area (Å²) >= 11 is 0. The molecule has 1 aromatic heterocycles. The third kappa shape index (κ3) is 4.46. The van der Waals surface area contributed by atoms with Gasteiger partial charge in [-0.25, -0.2) is 0 Å². The Bertz CT molecular complexity index is 689. The second kappa shape index (κ2) is 7.80. The predicted molar refractivity (Wildman–Crippen MR) is 93.8 cm³/mol. The summed E-state index contributed by atoms with van der Waals surface area (Å²) in [6.45, 7) is 1.97. The number of benzene rings is 1. The van der Waals surface area contributed by atoms with E-state index in [1.54, 1.807) is 6.07 Å². The standard InChI is InChI=1S/C19H25N3O3/c1-22(11-15-6-3-2-4-7-15)12-16-10-17(21-25-16)18(24)20-13-19(14-23)8-5-9-19/h2-4,6-7,10,23H,5,8-9,11-14H2,1H3,(H,20,24). The molecule has 3 rings (SSSR count). The fourth-order valence-corrected chi connectivity index (χ4v) is 3.14. The van der Waals surface area contributed by atoms with Crippen LogP contribution in [0.2, 0.25) is 0 Å². The van der Waals surface area contributed by atoms with E-state index in [0.29, 0.717) is 18.8 Å². The average molecular weight is 343 g/mol. The molecule has 25 heavy (non-hydrogen) atoms. The molecule has 1 saturated carbocycles. The fraction of sp³-hybridized carbons (Fsp3) is 0.474. The molecule has 0 atom stereocenters. The van der Waals surface area contributed by atoms with E-state index in [0.717, 1.165) is 25.8 Å². The summed E-state index contributed by atoms with van der Waals surface area (Å²) in [4.78, 5) is 14.3. The first-order valence-electron chi connectivity index (χ1n) is 8.67. The maximum atomic E-state index is 12.2. The second-order valence-electron chi connectivity index (χ2n) is 7.03. The van der Waals surface area contributed by atoms with E-state index in [9.17, 15) is 9.90 Å². The SMILES string of the molecule is CN(Cc1ccccc1)Cc1cc(C(=O)NCC2(CO)CCC2)no1. The van der Waals surface area contributed by atoms with Crippen LogP contribution in [0.5, 0.6) is 0 Å². The summed E-state index contributed by atoms with van der Waals surface area (Å²) in [6.07, 6.45) is 3.02. The molecule has 2 N–H and O–H groups in total. The van der Waals surface area contributed by atoms with Crippen LogP contribution in [0.3, 0.4) is 0 Å². The van der Waals surface area contributed by atoms with Gasteiger partial charge in [0.25, 0.3) is 5.91 Å². The van der Waals surface area contributed by atoms with Gasteiger partial charge in [0.1, 0.15) is 0 Å². The highest BCUT2D eigenvalue weighted by molar-refractivity contribution is 5.92. The van der Waals surface area contributed by atoms with Gasteiger partial charge in [-0.1, -0.05) is 41.9 Å². The molecule has 0 aliphatic heterocycles. The van der Waals surface area contributed by atoms with Crippen molar-refractivity contribution in [3.63, 3.8) is 0 Å². The molecule has 0 radical (unpaired) electrons. The van der Waals surface area contributed by atoms with Gasteiger partial charge in [-0.15, -0.1) is 0 Å². The topological polar surface area (TPSA) is 78.6 Å². The highest BCUT2D eigenvalue weighted by atomic mass is 16.5. The van der Waals surface area contributed by atoms with E-state index in [2.05, 4.69) is 27.5 Å². The molecule has 0 unspecified atom stereocenters. The Balaban J connectivity index is 1.50. The zero-order valence-corrected chi connectivity index (χ0v) is 14.6. The molecule has 1 fully saturated rings. The first kappa shape index (κ1) is 17.6. The van der Waals surface area contributed by atoms with Gasteiger partial charge in [0.05, 0.1) is 13.2 Å². The maximum absolute atomic E-state index is 12.2. The summed E-state index contributed by atoms with van der Waals surface area (Å²) in [7, 11) is 2.00. The molecule has 6 heteroatoms. The van der Waals surface area contributed by atoms with E-state index in [1.165, 1.54) is 5.56 Å². The molecule has 134 valence electrons. The van der Waals surface area contributed by atoms with Crippen molar-refractivity contribution >= 4 is 5.91 Å². The number of aliphatic hydroxyl groups is 1. The zero-order valence-electron chi connectivity index (χ0n) is 14.6. The number of hydrogen-bond acceptors (Lipinski definition) is 5. The van der Waals surface area contributed by atoms with E-state index in [-0.39, 0.29) is 23.6 Å². The van der Waals surface area contributed by atoms with Crippen molar-refractivity contribution in [3.05, 3.63) is 53.4 Å². The second-order valence-corrected chi connectivity index (χ2v) is 7.03. The monoisotopic (exact) mass is 343 g/mol. The number of nitrogens with one attached hydrogen (secondary N) is 1. The number of hydrogen-bond donors (Lipinski definition) is 2. The van der Waals surface area contributed by atoms with Gasteiger partial charge in [0, 0.05) is 24.6 Å². The highest BCUT2D eigenvalue weighted by Crippen LogP contribution is 2.39. The van der Waals surface area contributed by atoms with Gasteiger partial charge in [-0.05, 0) is 25.5 Å². The number of aliphatic hydroxyl groups excluding tert-OH is 1. The van der Waals surface area contributed by atoms with Crippen molar-refractivity contribution in [2.24, 2.45) is 5.41 Å². The van der Waals surface area contributed by atoms with Crippen molar-refractivity contribution in [1.29, 1.82) is 0 Å². The normalized spacial score (nSPS) is 15.8. The van der Waals surface area contributed by atoms with Crippen LogP contribution in [0, 0.1) is 5.41 Å². The molecule has 0 spiro atoms. The molecule has 1 aliphatic carbocycles. The lowest BCUT2D eigenvalue weighted by molar-refractivity contribution is 0.0427. The molecule has 2 aromatic rings. The van der Waals surface area contributed by atoms with Gasteiger partial charge in [-0.2, -0.15) is 0 Å². The maximum Gasteiger partial charge on any atom is 0.273 e. The lowest BCUT2D eigenvalue weighted by Gasteiger charge is -2.40. The zero-order chi connectivity index (χ0) is 17.7. The first-order chi connectivity index (χ1) is 12.1. The highest BCUT2D eigenvalue weighted by Gasteiger charge is 2.36. The van der Waals surface area contributed by atoms with Crippen LogP contribution in [0.15, 0.2) is 40.9 Å². The molecule has 1 heterocycles. The third-order valence-corrected chi connectivity index (χ3v) is 4.89. The van der Waals surface area contributed by atoms with Crippen molar-refractivity contribution in [2.75, 3.05) is 20.2 Å². The van der Waals surface area contributed by atoms with Gasteiger partial charge in [-0.3, -0.25) is 9.69 Å². The number of rotatable bonds is 8. The van der Waals surface area contributed by atoms with Crippen LogP contribution in [-0.2, 0) is 13.1 Å². The summed E-state index contributed by atoms with van der Waals surface area (Å²) in [5.41, 5.74) is 1.37. The lowest BCUT2D eigenvalue weighted by Crippen LogP contribution is -2.44. The Morgan fingerprint density at radius 1 is 1.32 bits per heavy atom. The summed E-state index contributed by atoms with van der Waals surface area (Å²) in [5, 5.41) is 16.2. The van der Waals surface area contributed by atoms with Crippen LogP contribution >= 0.6 is 0 Å². The number of amides is 1. The molecule has 1 aromatic carbocycles. The number of nitrogens with zero attached hydrogens (tertiary/aromatic N) is 2.